The van der Waals surface area contributed by atoms with Crippen LogP contribution < -0.4 is 5.32 Å². The molecule has 2 rings (SSSR count). The van der Waals surface area contributed by atoms with Gasteiger partial charge in [-0.25, -0.2) is 9.97 Å². The maximum Gasteiger partial charge on any atom is 0.280 e. The molecule has 1 N–H and O–H groups in total. The van der Waals surface area contributed by atoms with Crippen molar-refractivity contribution in [3.8, 4) is 11.4 Å². The Bertz CT molecular complexity index is 567. The predicted octanol–water partition coefficient (Wildman–Crippen LogP) is 3.95. The molecule has 0 spiro atoms. The standard InChI is InChI=1S/C15H17N3OS/c1-2-3-4-11-9-16-14(17-10-11)12-5-7-13(8-6-12)18-15(19)20/h5-10H,2-4H2,1H3,(H2,18,19,20). The zero-order valence-corrected chi connectivity index (χ0v) is 12.2. The molecule has 0 aliphatic carbocycles. The minimum Gasteiger partial charge on any atom is -0.317 e. The van der Waals surface area contributed by atoms with E-state index in [-0.39, 0.29) is 5.24 Å². The molecule has 4 nitrogen and oxygen atoms in total. The molecule has 0 aliphatic rings. The van der Waals surface area contributed by atoms with E-state index in [4.69, 9.17) is 0 Å². The molecule has 1 heterocycles. The zero-order chi connectivity index (χ0) is 14.4. The first-order valence-corrected chi connectivity index (χ1v) is 7.05. The fourth-order valence-electron chi connectivity index (χ4n) is 1.84. The summed E-state index contributed by atoms with van der Waals surface area (Å²) in [5.41, 5.74) is 2.78. The highest BCUT2D eigenvalue weighted by molar-refractivity contribution is 7.96. The van der Waals surface area contributed by atoms with Crippen molar-refractivity contribution in [3.63, 3.8) is 0 Å². The van der Waals surface area contributed by atoms with Crippen molar-refractivity contribution in [1.82, 2.24) is 9.97 Å². The van der Waals surface area contributed by atoms with E-state index in [9.17, 15) is 4.79 Å². The number of nitrogens with one attached hydrogen (secondary N) is 1. The van der Waals surface area contributed by atoms with Gasteiger partial charge < -0.3 is 5.32 Å². The molecular formula is C15H17N3OS. The summed E-state index contributed by atoms with van der Waals surface area (Å²) in [7, 11) is 0. The molecule has 1 aromatic heterocycles. The molecule has 0 unspecified atom stereocenters. The maximum absolute atomic E-state index is 10.8. The molecule has 20 heavy (non-hydrogen) atoms. The number of carbonyl (C=O) groups is 1. The minimum absolute atomic E-state index is 0.380. The van der Waals surface area contributed by atoms with Crippen molar-refractivity contribution in [2.45, 2.75) is 26.2 Å². The lowest BCUT2D eigenvalue weighted by molar-refractivity contribution is 0.270. The third-order valence-electron chi connectivity index (χ3n) is 2.92. The Morgan fingerprint density at radius 2 is 1.85 bits per heavy atom. The highest BCUT2D eigenvalue weighted by Gasteiger charge is 2.02. The summed E-state index contributed by atoms with van der Waals surface area (Å²) in [5.74, 6) is 0.689. The summed E-state index contributed by atoms with van der Waals surface area (Å²) in [6, 6.07) is 7.36. The van der Waals surface area contributed by atoms with E-state index in [0.717, 1.165) is 24.0 Å². The number of benzene rings is 1. The Kier molecular flexibility index (Phi) is 5.12. The third-order valence-corrected chi connectivity index (χ3v) is 3.03. The smallest absolute Gasteiger partial charge is 0.280 e. The van der Waals surface area contributed by atoms with Gasteiger partial charge in [-0.1, -0.05) is 26.0 Å². The number of carbonyl (C=O) groups excluding carboxylic acids is 1. The number of nitrogens with zero attached hydrogens (tertiary/aromatic N) is 2. The number of amides is 1. The van der Waals surface area contributed by atoms with Crippen LogP contribution in [0.4, 0.5) is 10.5 Å². The number of hydrogen-bond acceptors (Lipinski definition) is 3. The Morgan fingerprint density at radius 3 is 2.40 bits per heavy atom. The van der Waals surface area contributed by atoms with Gasteiger partial charge in [0.2, 0.25) is 0 Å². The number of aromatic nitrogens is 2. The van der Waals surface area contributed by atoms with Crippen LogP contribution in [-0.4, -0.2) is 15.2 Å². The highest BCUT2D eigenvalue weighted by Crippen LogP contribution is 2.18. The van der Waals surface area contributed by atoms with Crippen molar-refractivity contribution in [1.29, 1.82) is 0 Å². The number of anilines is 1. The lowest BCUT2D eigenvalue weighted by Gasteiger charge is -2.04. The second-order valence-corrected chi connectivity index (χ2v) is 4.93. The van der Waals surface area contributed by atoms with Crippen LogP contribution in [-0.2, 0) is 6.42 Å². The molecular weight excluding hydrogens is 270 g/mol. The van der Waals surface area contributed by atoms with Crippen LogP contribution in [0.2, 0.25) is 0 Å². The molecule has 1 amide bonds. The van der Waals surface area contributed by atoms with E-state index in [1.165, 1.54) is 6.42 Å². The van der Waals surface area contributed by atoms with E-state index in [1.807, 2.05) is 24.5 Å². The monoisotopic (exact) mass is 287 g/mol. The van der Waals surface area contributed by atoms with Gasteiger partial charge in [0.1, 0.15) is 0 Å². The van der Waals surface area contributed by atoms with Crippen LogP contribution in [0.25, 0.3) is 11.4 Å². The Balaban J connectivity index is 2.09. The molecule has 0 atom stereocenters. The summed E-state index contributed by atoms with van der Waals surface area (Å²) >= 11 is 3.67. The molecule has 0 saturated heterocycles. The van der Waals surface area contributed by atoms with E-state index in [2.05, 4.69) is 34.8 Å². The molecule has 104 valence electrons. The summed E-state index contributed by atoms with van der Waals surface area (Å²) < 4.78 is 0. The predicted molar refractivity (Wildman–Crippen MR) is 84.1 cm³/mol. The van der Waals surface area contributed by atoms with Gasteiger partial charge in [-0.2, -0.15) is 0 Å². The molecule has 2 aromatic rings. The molecule has 5 heteroatoms. The topological polar surface area (TPSA) is 54.9 Å². The fraction of sp³-hybridized carbons (Fsp3) is 0.267. The first kappa shape index (κ1) is 14.5. The first-order valence-electron chi connectivity index (χ1n) is 6.60. The SMILES string of the molecule is CCCCc1cnc(-c2ccc(NC(=O)S)cc2)nc1. The van der Waals surface area contributed by atoms with E-state index >= 15 is 0 Å². The number of thiol groups is 1. The molecule has 0 bridgehead atoms. The molecule has 1 aromatic carbocycles. The largest absolute Gasteiger partial charge is 0.317 e. The molecule has 0 saturated carbocycles. The van der Waals surface area contributed by atoms with E-state index in [0.29, 0.717) is 11.5 Å². The van der Waals surface area contributed by atoms with Gasteiger partial charge in [0, 0.05) is 23.6 Å². The van der Waals surface area contributed by atoms with Crippen molar-refractivity contribution < 1.29 is 4.79 Å². The second-order valence-electron chi connectivity index (χ2n) is 4.53. The van der Waals surface area contributed by atoms with Crippen molar-refractivity contribution in [2.24, 2.45) is 0 Å². The van der Waals surface area contributed by atoms with Crippen LogP contribution in [0.1, 0.15) is 25.3 Å². The fourth-order valence-corrected chi connectivity index (χ4v) is 1.97. The molecule has 0 aliphatic heterocycles. The normalized spacial score (nSPS) is 10.3. The highest BCUT2D eigenvalue weighted by atomic mass is 32.1. The minimum atomic E-state index is -0.380. The van der Waals surface area contributed by atoms with Crippen molar-refractivity contribution in [3.05, 3.63) is 42.2 Å². The van der Waals surface area contributed by atoms with E-state index < -0.39 is 0 Å². The lowest BCUT2D eigenvalue weighted by atomic mass is 10.1. The van der Waals surface area contributed by atoms with Crippen LogP contribution >= 0.6 is 12.6 Å². The number of hydrogen-bond donors (Lipinski definition) is 2. The van der Waals surface area contributed by atoms with Gasteiger partial charge in [0.25, 0.3) is 5.24 Å². The average molecular weight is 287 g/mol. The van der Waals surface area contributed by atoms with Gasteiger partial charge in [-0.15, -0.1) is 0 Å². The number of unbranched alkanes of at least 4 members (excludes halogenated alkanes) is 1. The van der Waals surface area contributed by atoms with Crippen LogP contribution in [0, 0.1) is 0 Å². The van der Waals surface area contributed by atoms with E-state index in [1.54, 1.807) is 12.1 Å². The zero-order valence-electron chi connectivity index (χ0n) is 11.3. The summed E-state index contributed by atoms with van der Waals surface area (Å²) in [6.45, 7) is 2.17. The van der Waals surface area contributed by atoms with Gasteiger partial charge in [0.05, 0.1) is 0 Å². The second kappa shape index (κ2) is 7.05. The average Bonchev–Trinajstić information content (AvgIpc) is 2.46. The molecule has 0 fully saturated rings. The lowest BCUT2D eigenvalue weighted by Crippen LogP contribution is -2.00. The summed E-state index contributed by atoms with van der Waals surface area (Å²) in [6.07, 6.45) is 7.09. The summed E-state index contributed by atoms with van der Waals surface area (Å²) in [5, 5.41) is 2.22. The summed E-state index contributed by atoms with van der Waals surface area (Å²) in [4.78, 5) is 19.6. The Hall–Kier alpha value is -1.88. The van der Waals surface area contributed by atoms with Gasteiger partial charge in [-0.3, -0.25) is 4.79 Å². The van der Waals surface area contributed by atoms with Gasteiger partial charge >= 0.3 is 0 Å². The van der Waals surface area contributed by atoms with Crippen molar-refractivity contribution in [2.75, 3.05) is 5.32 Å². The van der Waals surface area contributed by atoms with Crippen LogP contribution in [0.15, 0.2) is 36.7 Å². The van der Waals surface area contributed by atoms with Crippen LogP contribution in [0.5, 0.6) is 0 Å². The quantitative estimate of drug-likeness (QED) is 0.819. The molecule has 0 radical (unpaired) electrons. The van der Waals surface area contributed by atoms with Gasteiger partial charge in [-0.05, 0) is 42.7 Å². The third kappa shape index (κ3) is 4.06. The Labute approximate surface area is 124 Å². The number of rotatable bonds is 5. The first-order chi connectivity index (χ1) is 9.69. The van der Waals surface area contributed by atoms with Crippen molar-refractivity contribution >= 4 is 23.6 Å². The number of aryl methyl sites for hydroxylation is 1. The maximum atomic E-state index is 10.8. The van der Waals surface area contributed by atoms with Crippen LogP contribution in [0.3, 0.4) is 0 Å². The Morgan fingerprint density at radius 1 is 1.20 bits per heavy atom. The van der Waals surface area contributed by atoms with Gasteiger partial charge in [0.15, 0.2) is 5.82 Å².